The van der Waals surface area contributed by atoms with Crippen molar-refractivity contribution in [2.45, 2.75) is 26.2 Å². The van der Waals surface area contributed by atoms with Gasteiger partial charge in [0.05, 0.1) is 5.41 Å². The molecule has 0 fully saturated rings. The smallest absolute Gasteiger partial charge is 0.230 e. The van der Waals surface area contributed by atoms with Crippen molar-refractivity contribution >= 4 is 17.5 Å². The fourth-order valence-corrected chi connectivity index (χ4v) is 1.51. The summed E-state index contributed by atoms with van der Waals surface area (Å²) in [5, 5.41) is 3.51. The van der Waals surface area contributed by atoms with Crippen molar-refractivity contribution < 1.29 is 4.79 Å². The first-order chi connectivity index (χ1) is 6.98. The van der Waals surface area contributed by atoms with Crippen LogP contribution in [0.25, 0.3) is 0 Å². The summed E-state index contributed by atoms with van der Waals surface area (Å²) in [5.41, 5.74) is 0.457. The second-order valence-corrected chi connectivity index (χ2v) is 4.43. The number of hydrogen-bond donors (Lipinski definition) is 1. The van der Waals surface area contributed by atoms with E-state index in [1.54, 1.807) is 12.1 Å². The number of carbonyl (C=O) groups excluding carboxylic acids is 1. The van der Waals surface area contributed by atoms with E-state index >= 15 is 0 Å². The quantitative estimate of drug-likeness (QED) is 0.842. The molecule has 1 N–H and O–H groups in total. The lowest BCUT2D eigenvalue weighted by Gasteiger charge is -2.23. The van der Waals surface area contributed by atoms with Crippen LogP contribution in [0.4, 0.5) is 0 Å². The van der Waals surface area contributed by atoms with E-state index in [1.165, 1.54) is 0 Å². The van der Waals surface area contributed by atoms with Crippen molar-refractivity contribution in [3.63, 3.8) is 0 Å². The summed E-state index contributed by atoms with van der Waals surface area (Å²) in [5.74, 6) is 0.0346. The average molecular weight is 226 g/mol. The van der Waals surface area contributed by atoms with E-state index in [4.69, 9.17) is 11.6 Å². The largest absolute Gasteiger partial charge is 0.356 e. The Bertz CT molecular complexity index is 343. The topological polar surface area (TPSA) is 29.1 Å². The van der Waals surface area contributed by atoms with Crippen LogP contribution < -0.4 is 5.32 Å². The molecule has 0 aromatic heterocycles. The lowest BCUT2D eigenvalue weighted by molar-refractivity contribution is -0.125. The van der Waals surface area contributed by atoms with Gasteiger partial charge in [-0.25, -0.2) is 0 Å². The van der Waals surface area contributed by atoms with Gasteiger partial charge < -0.3 is 5.32 Å². The van der Waals surface area contributed by atoms with Gasteiger partial charge in [-0.1, -0.05) is 23.7 Å². The van der Waals surface area contributed by atoms with Crippen LogP contribution in [-0.2, 0) is 10.2 Å². The van der Waals surface area contributed by atoms with E-state index in [9.17, 15) is 4.79 Å². The Kier molecular flexibility index (Phi) is 3.75. The zero-order chi connectivity index (χ0) is 11.5. The second kappa shape index (κ2) is 4.67. The molecule has 0 aliphatic rings. The van der Waals surface area contributed by atoms with Gasteiger partial charge in [-0.2, -0.15) is 0 Å². The molecular formula is C12H16ClNO. The first-order valence-corrected chi connectivity index (χ1v) is 5.40. The summed E-state index contributed by atoms with van der Waals surface area (Å²) in [6, 6.07) is 7.38. The van der Waals surface area contributed by atoms with Crippen LogP contribution in [-0.4, -0.2) is 12.5 Å². The third-order valence-electron chi connectivity index (χ3n) is 2.47. The fourth-order valence-electron chi connectivity index (χ4n) is 1.38. The van der Waals surface area contributed by atoms with Gasteiger partial charge in [0.25, 0.3) is 0 Å². The second-order valence-electron chi connectivity index (χ2n) is 3.99. The first kappa shape index (κ1) is 12.1. The molecule has 15 heavy (non-hydrogen) atoms. The van der Waals surface area contributed by atoms with E-state index < -0.39 is 5.41 Å². The highest BCUT2D eigenvalue weighted by atomic mass is 35.5. The molecule has 82 valence electrons. The van der Waals surface area contributed by atoms with Crippen molar-refractivity contribution in [2.75, 3.05) is 6.54 Å². The van der Waals surface area contributed by atoms with Crippen LogP contribution in [0.1, 0.15) is 26.3 Å². The summed E-state index contributed by atoms with van der Waals surface area (Å²) in [6.07, 6.45) is 0. The van der Waals surface area contributed by atoms with Gasteiger partial charge >= 0.3 is 0 Å². The van der Waals surface area contributed by atoms with Crippen molar-refractivity contribution in [1.29, 1.82) is 0 Å². The predicted molar refractivity (Wildman–Crippen MR) is 63.2 cm³/mol. The van der Waals surface area contributed by atoms with Crippen LogP contribution in [0.15, 0.2) is 24.3 Å². The predicted octanol–water partition coefficient (Wildman–Crippen LogP) is 2.75. The number of nitrogens with one attached hydrogen (secondary N) is 1. The molecule has 0 unspecified atom stereocenters. The van der Waals surface area contributed by atoms with Crippen LogP contribution >= 0.6 is 11.6 Å². The van der Waals surface area contributed by atoms with Crippen molar-refractivity contribution in [3.8, 4) is 0 Å². The molecule has 0 aliphatic carbocycles. The molecule has 0 spiro atoms. The normalized spacial score (nSPS) is 11.2. The zero-order valence-electron chi connectivity index (χ0n) is 9.30. The maximum absolute atomic E-state index is 11.8. The van der Waals surface area contributed by atoms with E-state index in [0.717, 1.165) is 5.56 Å². The number of rotatable bonds is 3. The van der Waals surface area contributed by atoms with Crippen LogP contribution in [0, 0.1) is 0 Å². The fraction of sp³-hybridized carbons (Fsp3) is 0.417. The highest BCUT2D eigenvalue weighted by Gasteiger charge is 2.28. The van der Waals surface area contributed by atoms with Gasteiger partial charge in [-0.3, -0.25) is 4.79 Å². The standard InChI is InChI=1S/C12H16ClNO/c1-4-14-11(15)12(2,3)9-5-7-10(13)8-6-9/h5-8H,4H2,1-3H3,(H,14,15). The Hall–Kier alpha value is -1.02. The van der Waals surface area contributed by atoms with E-state index in [2.05, 4.69) is 5.32 Å². The highest BCUT2D eigenvalue weighted by Crippen LogP contribution is 2.24. The van der Waals surface area contributed by atoms with Gasteiger partial charge in [0.1, 0.15) is 0 Å². The van der Waals surface area contributed by atoms with Crippen LogP contribution in [0.2, 0.25) is 5.02 Å². The third kappa shape index (κ3) is 2.72. The molecule has 0 saturated heterocycles. The number of halogens is 1. The Morgan fingerprint density at radius 2 is 1.87 bits per heavy atom. The molecule has 1 aromatic carbocycles. The SMILES string of the molecule is CCNC(=O)C(C)(C)c1ccc(Cl)cc1. The average Bonchev–Trinajstić information content (AvgIpc) is 2.18. The Morgan fingerprint density at radius 3 is 2.33 bits per heavy atom. The monoisotopic (exact) mass is 225 g/mol. The first-order valence-electron chi connectivity index (χ1n) is 5.03. The van der Waals surface area contributed by atoms with Gasteiger partial charge in [-0.15, -0.1) is 0 Å². The Morgan fingerprint density at radius 1 is 1.33 bits per heavy atom. The molecule has 0 atom stereocenters. The minimum absolute atomic E-state index is 0.0346. The molecule has 0 bridgehead atoms. The van der Waals surface area contributed by atoms with Gasteiger partial charge in [0.2, 0.25) is 5.91 Å². The third-order valence-corrected chi connectivity index (χ3v) is 2.72. The minimum atomic E-state index is -0.513. The molecule has 1 amide bonds. The molecular weight excluding hydrogens is 210 g/mol. The van der Waals surface area contributed by atoms with Crippen molar-refractivity contribution in [2.24, 2.45) is 0 Å². The maximum atomic E-state index is 11.8. The van der Waals surface area contributed by atoms with Gasteiger partial charge in [-0.05, 0) is 38.5 Å². The zero-order valence-corrected chi connectivity index (χ0v) is 10.1. The van der Waals surface area contributed by atoms with E-state index in [0.29, 0.717) is 11.6 Å². The van der Waals surface area contributed by atoms with Crippen LogP contribution in [0.5, 0.6) is 0 Å². The Labute approximate surface area is 95.6 Å². The summed E-state index contributed by atoms with van der Waals surface area (Å²) in [6.45, 7) is 6.37. The summed E-state index contributed by atoms with van der Waals surface area (Å²) in [4.78, 5) is 11.8. The Balaban J connectivity index is 2.94. The molecule has 1 rings (SSSR count). The molecule has 2 nitrogen and oxygen atoms in total. The molecule has 0 radical (unpaired) electrons. The lowest BCUT2D eigenvalue weighted by atomic mass is 9.84. The van der Waals surface area contributed by atoms with Crippen molar-refractivity contribution in [3.05, 3.63) is 34.9 Å². The maximum Gasteiger partial charge on any atom is 0.230 e. The highest BCUT2D eigenvalue weighted by molar-refractivity contribution is 6.30. The molecule has 0 saturated carbocycles. The lowest BCUT2D eigenvalue weighted by Crippen LogP contribution is -2.39. The number of hydrogen-bond acceptors (Lipinski definition) is 1. The number of amides is 1. The molecule has 0 aliphatic heterocycles. The number of benzene rings is 1. The summed E-state index contributed by atoms with van der Waals surface area (Å²) >= 11 is 5.80. The number of likely N-dealkylation sites (N-methyl/N-ethyl adjacent to an activating group) is 1. The van der Waals surface area contributed by atoms with E-state index in [-0.39, 0.29) is 5.91 Å². The molecule has 0 heterocycles. The van der Waals surface area contributed by atoms with Crippen LogP contribution in [0.3, 0.4) is 0 Å². The van der Waals surface area contributed by atoms with Gasteiger partial charge in [0.15, 0.2) is 0 Å². The summed E-state index contributed by atoms with van der Waals surface area (Å²) in [7, 11) is 0. The minimum Gasteiger partial charge on any atom is -0.356 e. The number of carbonyl (C=O) groups is 1. The van der Waals surface area contributed by atoms with E-state index in [1.807, 2.05) is 32.9 Å². The van der Waals surface area contributed by atoms with Gasteiger partial charge in [0, 0.05) is 11.6 Å². The summed E-state index contributed by atoms with van der Waals surface area (Å²) < 4.78 is 0. The molecule has 3 heteroatoms. The molecule has 1 aromatic rings. The van der Waals surface area contributed by atoms with Crippen molar-refractivity contribution in [1.82, 2.24) is 5.32 Å².